The van der Waals surface area contributed by atoms with E-state index < -0.39 is 0 Å². The first-order valence-corrected chi connectivity index (χ1v) is 5.86. The molecule has 0 aliphatic carbocycles. The Morgan fingerprint density at radius 2 is 1.19 bits per heavy atom. The lowest BCUT2D eigenvalue weighted by Gasteiger charge is -2.34. The van der Waals surface area contributed by atoms with Crippen molar-refractivity contribution in [3.8, 4) is 0 Å². The van der Waals surface area contributed by atoms with Gasteiger partial charge in [0, 0.05) is 5.41 Å². The molecule has 0 unspecified atom stereocenters. The number of hydrogen-bond donors (Lipinski definition) is 0. The second-order valence-corrected chi connectivity index (χ2v) is 5.12. The monoisotopic (exact) mass is 206 g/mol. The summed E-state index contributed by atoms with van der Waals surface area (Å²) in [6, 6.07) is 17.6. The van der Waals surface area contributed by atoms with Crippen LogP contribution in [-0.4, -0.2) is 7.28 Å². The molecule has 2 aromatic carbocycles. The fourth-order valence-corrected chi connectivity index (χ4v) is 2.92. The third-order valence-electron chi connectivity index (χ3n) is 3.76. The number of benzene rings is 2. The van der Waals surface area contributed by atoms with Crippen LogP contribution in [0, 0.1) is 0 Å². The maximum atomic E-state index is 2.32. The van der Waals surface area contributed by atoms with Gasteiger partial charge in [-0.15, -0.1) is 0 Å². The lowest BCUT2D eigenvalue weighted by Crippen LogP contribution is -2.45. The van der Waals surface area contributed by atoms with Crippen molar-refractivity contribution in [3.05, 3.63) is 59.7 Å². The molecule has 1 aliphatic heterocycles. The van der Waals surface area contributed by atoms with Gasteiger partial charge in [0.05, 0.1) is 0 Å². The van der Waals surface area contributed by atoms with E-state index >= 15 is 0 Å². The Hall–Kier alpha value is -1.50. The quantitative estimate of drug-likeness (QED) is 0.575. The van der Waals surface area contributed by atoms with Crippen molar-refractivity contribution in [2.75, 3.05) is 0 Å². The van der Waals surface area contributed by atoms with Gasteiger partial charge < -0.3 is 0 Å². The predicted octanol–water partition coefficient (Wildman–Crippen LogP) is 1.71. The van der Waals surface area contributed by atoms with Gasteiger partial charge in [0.25, 0.3) is 0 Å². The van der Waals surface area contributed by atoms with Gasteiger partial charge >= 0.3 is 0 Å². The zero-order valence-corrected chi connectivity index (χ0v) is 9.83. The summed E-state index contributed by atoms with van der Waals surface area (Å²) >= 11 is 0. The Morgan fingerprint density at radius 1 is 0.750 bits per heavy atom. The van der Waals surface area contributed by atoms with Crippen molar-refractivity contribution in [1.29, 1.82) is 0 Å². The van der Waals surface area contributed by atoms with E-state index in [2.05, 4.69) is 62.4 Å². The highest BCUT2D eigenvalue weighted by Gasteiger charge is 2.31. The van der Waals surface area contributed by atoms with E-state index in [4.69, 9.17) is 0 Å². The van der Waals surface area contributed by atoms with Gasteiger partial charge in [0.1, 0.15) is 0 Å². The normalized spacial score (nSPS) is 15.9. The summed E-state index contributed by atoms with van der Waals surface area (Å²) in [4.78, 5) is 0. The third-order valence-corrected chi connectivity index (χ3v) is 3.76. The zero-order chi connectivity index (χ0) is 11.2. The van der Waals surface area contributed by atoms with Crippen molar-refractivity contribution in [2.45, 2.75) is 19.3 Å². The van der Waals surface area contributed by atoms with Crippen LogP contribution in [0.2, 0.25) is 0 Å². The van der Waals surface area contributed by atoms with E-state index in [1.807, 2.05) is 0 Å². The zero-order valence-electron chi connectivity index (χ0n) is 9.83. The molecule has 0 saturated carbocycles. The molecule has 1 aliphatic rings. The Balaban J connectivity index is 2.28. The molecule has 0 atom stereocenters. The minimum absolute atomic E-state index is 0.144. The van der Waals surface area contributed by atoms with Crippen LogP contribution in [-0.2, 0) is 5.41 Å². The first-order chi connectivity index (χ1) is 7.69. The standard InChI is InChI=1S/C15H15B/c1-15(2)11-7-3-5-9-13(11)16-14-10-6-4-8-12(14)15/h3-10,16H,1-2H3. The maximum absolute atomic E-state index is 2.32. The molecule has 0 aromatic heterocycles. The highest BCUT2D eigenvalue weighted by Crippen LogP contribution is 2.31. The number of rotatable bonds is 0. The molecule has 0 spiro atoms. The van der Waals surface area contributed by atoms with Crippen molar-refractivity contribution in [2.24, 2.45) is 0 Å². The molecule has 1 heterocycles. The molecule has 0 fully saturated rings. The van der Waals surface area contributed by atoms with Crippen LogP contribution in [0.15, 0.2) is 48.5 Å². The molecule has 16 heavy (non-hydrogen) atoms. The largest absolute Gasteiger partial charge is 0.193 e. The third kappa shape index (κ3) is 1.24. The SMILES string of the molecule is CC1(C)c2ccccc2Bc2ccccc21. The fourth-order valence-electron chi connectivity index (χ4n) is 2.92. The molecule has 0 N–H and O–H groups in total. The number of fused-ring (bicyclic) bond motifs is 2. The van der Waals surface area contributed by atoms with Crippen molar-refractivity contribution in [3.63, 3.8) is 0 Å². The molecule has 0 nitrogen and oxygen atoms in total. The molecule has 0 amide bonds. The van der Waals surface area contributed by atoms with E-state index in [9.17, 15) is 0 Å². The minimum atomic E-state index is 0.144. The predicted molar refractivity (Wildman–Crippen MR) is 71.4 cm³/mol. The second kappa shape index (κ2) is 3.25. The Bertz CT molecular complexity index is 493. The molecule has 2 aromatic rings. The van der Waals surface area contributed by atoms with Gasteiger partial charge in [-0.3, -0.25) is 0 Å². The molecule has 78 valence electrons. The van der Waals surface area contributed by atoms with Gasteiger partial charge in [-0.1, -0.05) is 73.3 Å². The summed E-state index contributed by atoms with van der Waals surface area (Å²) in [5.74, 6) is 0. The van der Waals surface area contributed by atoms with E-state index in [1.165, 1.54) is 22.1 Å². The lowest BCUT2D eigenvalue weighted by atomic mass is 9.51. The molecule has 0 bridgehead atoms. The average Bonchev–Trinajstić information content (AvgIpc) is 2.29. The summed E-state index contributed by atoms with van der Waals surface area (Å²) < 4.78 is 0. The second-order valence-electron chi connectivity index (χ2n) is 5.12. The molecule has 1 heteroatoms. The first-order valence-electron chi connectivity index (χ1n) is 5.86. The van der Waals surface area contributed by atoms with E-state index in [0.717, 1.165) is 7.28 Å². The topological polar surface area (TPSA) is 0 Å². The highest BCUT2D eigenvalue weighted by atomic mass is 14.3. The van der Waals surface area contributed by atoms with E-state index in [-0.39, 0.29) is 5.41 Å². The molecular formula is C15H15B. The van der Waals surface area contributed by atoms with Crippen LogP contribution in [0.4, 0.5) is 0 Å². The maximum Gasteiger partial charge on any atom is 0.193 e. The Labute approximate surface area is 97.6 Å². The molecular weight excluding hydrogens is 191 g/mol. The molecule has 3 rings (SSSR count). The van der Waals surface area contributed by atoms with Crippen LogP contribution >= 0.6 is 0 Å². The van der Waals surface area contributed by atoms with Gasteiger partial charge in [0.2, 0.25) is 0 Å². The van der Waals surface area contributed by atoms with Gasteiger partial charge in [-0.05, 0) is 11.1 Å². The first kappa shape index (κ1) is 9.71. The van der Waals surface area contributed by atoms with Crippen LogP contribution in [0.25, 0.3) is 0 Å². The summed E-state index contributed by atoms with van der Waals surface area (Å²) in [6.07, 6.45) is 0. The summed E-state index contributed by atoms with van der Waals surface area (Å²) in [7, 11) is 1.08. The smallest absolute Gasteiger partial charge is 0.0745 e. The van der Waals surface area contributed by atoms with Crippen LogP contribution in [0.3, 0.4) is 0 Å². The van der Waals surface area contributed by atoms with Crippen LogP contribution in [0.1, 0.15) is 25.0 Å². The molecule has 0 saturated heterocycles. The average molecular weight is 206 g/mol. The van der Waals surface area contributed by atoms with Crippen molar-refractivity contribution >= 4 is 18.2 Å². The van der Waals surface area contributed by atoms with Crippen molar-refractivity contribution < 1.29 is 0 Å². The van der Waals surface area contributed by atoms with E-state index in [0.29, 0.717) is 0 Å². The minimum Gasteiger partial charge on any atom is -0.0745 e. The Morgan fingerprint density at radius 3 is 1.69 bits per heavy atom. The lowest BCUT2D eigenvalue weighted by molar-refractivity contribution is 0.646. The highest BCUT2D eigenvalue weighted by molar-refractivity contribution is 6.69. The fraction of sp³-hybridized carbons (Fsp3) is 0.200. The van der Waals surface area contributed by atoms with E-state index in [1.54, 1.807) is 0 Å². The van der Waals surface area contributed by atoms with Gasteiger partial charge in [0.15, 0.2) is 7.28 Å². The summed E-state index contributed by atoms with van der Waals surface area (Å²) in [5, 5.41) is 0. The number of hydrogen-bond acceptors (Lipinski definition) is 0. The molecule has 0 radical (unpaired) electrons. The van der Waals surface area contributed by atoms with Crippen LogP contribution < -0.4 is 10.9 Å². The van der Waals surface area contributed by atoms with Crippen LogP contribution in [0.5, 0.6) is 0 Å². The Kier molecular flexibility index (Phi) is 1.97. The van der Waals surface area contributed by atoms with Gasteiger partial charge in [-0.2, -0.15) is 0 Å². The van der Waals surface area contributed by atoms with Crippen molar-refractivity contribution in [1.82, 2.24) is 0 Å². The summed E-state index contributed by atoms with van der Waals surface area (Å²) in [5.41, 5.74) is 6.06. The summed E-state index contributed by atoms with van der Waals surface area (Å²) in [6.45, 7) is 4.65. The van der Waals surface area contributed by atoms with Gasteiger partial charge in [-0.25, -0.2) is 0 Å².